The fraction of sp³-hybridized carbons (Fsp3) is 0.586. The number of likely N-dealkylation sites (tertiary alicyclic amines) is 1. The van der Waals surface area contributed by atoms with Crippen molar-refractivity contribution in [2.75, 3.05) is 50.7 Å². The molecule has 1 aromatic carbocycles. The molecule has 4 heterocycles. The number of alkyl carbamates (subject to hydrolysis) is 1. The molecule has 1 aromatic rings. The zero-order valence-corrected chi connectivity index (χ0v) is 24.3. The summed E-state index contributed by atoms with van der Waals surface area (Å²) in [6.45, 7) is 9.65. The molecule has 3 saturated heterocycles. The Labute approximate surface area is 244 Å². The summed E-state index contributed by atoms with van der Waals surface area (Å²) in [6.07, 6.45) is 0.767. The number of amides is 6. The van der Waals surface area contributed by atoms with E-state index >= 15 is 0 Å². The minimum absolute atomic E-state index is 0.0458. The topological polar surface area (TPSA) is 149 Å². The van der Waals surface area contributed by atoms with E-state index in [4.69, 9.17) is 4.74 Å². The number of anilines is 1. The number of carbonyl (C=O) groups excluding carboxylic acids is 6. The van der Waals surface area contributed by atoms with Gasteiger partial charge in [0.15, 0.2) is 0 Å². The maximum absolute atomic E-state index is 13.4. The SMILES string of the molecule is CC(C)(C)OC(=O)N[C@@H]1CCN(C(=O)CCN2CCN(c3cccc4c3C(=O)N(C3CCC(=O)NC3=O)C4=O)CC2)C1. The molecule has 13 nitrogen and oxygen atoms in total. The second kappa shape index (κ2) is 11.7. The van der Waals surface area contributed by atoms with Gasteiger partial charge in [-0.2, -0.15) is 0 Å². The Balaban J connectivity index is 1.12. The molecule has 5 rings (SSSR count). The lowest BCUT2D eigenvalue weighted by Crippen LogP contribution is -2.54. The van der Waals surface area contributed by atoms with Gasteiger partial charge in [0.1, 0.15) is 11.6 Å². The molecule has 0 bridgehead atoms. The summed E-state index contributed by atoms with van der Waals surface area (Å²) in [4.78, 5) is 82.5. The van der Waals surface area contributed by atoms with Crippen molar-refractivity contribution in [3.8, 4) is 0 Å². The van der Waals surface area contributed by atoms with Crippen LogP contribution >= 0.6 is 0 Å². The van der Waals surface area contributed by atoms with E-state index in [1.807, 2.05) is 6.07 Å². The van der Waals surface area contributed by atoms with Gasteiger partial charge in [-0.15, -0.1) is 0 Å². The molecule has 4 aliphatic rings. The number of piperazine rings is 1. The number of fused-ring (bicyclic) bond motifs is 1. The van der Waals surface area contributed by atoms with Gasteiger partial charge in [-0.25, -0.2) is 4.79 Å². The maximum atomic E-state index is 13.4. The third-order valence-electron chi connectivity index (χ3n) is 8.06. The molecule has 2 N–H and O–H groups in total. The van der Waals surface area contributed by atoms with Gasteiger partial charge in [-0.1, -0.05) is 6.07 Å². The monoisotopic (exact) mass is 582 g/mol. The smallest absolute Gasteiger partial charge is 0.407 e. The summed E-state index contributed by atoms with van der Waals surface area (Å²) in [6, 6.07) is 4.02. The number of benzene rings is 1. The number of carbonyl (C=O) groups is 6. The first kappa shape index (κ1) is 29.5. The fourth-order valence-corrected chi connectivity index (χ4v) is 5.96. The third-order valence-corrected chi connectivity index (χ3v) is 8.06. The van der Waals surface area contributed by atoms with Crippen LogP contribution in [0.25, 0.3) is 0 Å². The third kappa shape index (κ3) is 6.25. The van der Waals surface area contributed by atoms with Crippen molar-refractivity contribution in [2.45, 2.75) is 64.1 Å². The molecule has 2 atom stereocenters. The van der Waals surface area contributed by atoms with E-state index < -0.39 is 41.4 Å². The van der Waals surface area contributed by atoms with Crippen LogP contribution in [0, 0.1) is 0 Å². The number of nitrogens with zero attached hydrogens (tertiary/aromatic N) is 4. The second-order valence-corrected chi connectivity index (χ2v) is 12.2. The first-order valence-corrected chi connectivity index (χ1v) is 14.5. The van der Waals surface area contributed by atoms with Crippen LogP contribution in [0.4, 0.5) is 10.5 Å². The van der Waals surface area contributed by atoms with Crippen LogP contribution in [0.5, 0.6) is 0 Å². The molecule has 0 aliphatic carbocycles. The van der Waals surface area contributed by atoms with E-state index in [1.165, 1.54) is 0 Å². The molecule has 3 fully saturated rings. The average Bonchev–Trinajstić information content (AvgIpc) is 3.49. The minimum atomic E-state index is -1.00. The van der Waals surface area contributed by atoms with Crippen molar-refractivity contribution in [3.63, 3.8) is 0 Å². The number of hydrogen-bond donors (Lipinski definition) is 2. The molecule has 13 heteroatoms. The van der Waals surface area contributed by atoms with E-state index in [9.17, 15) is 28.8 Å². The number of imide groups is 2. The van der Waals surface area contributed by atoms with E-state index in [2.05, 4.69) is 20.4 Å². The molecule has 0 radical (unpaired) electrons. The Kier molecular flexibility index (Phi) is 8.22. The van der Waals surface area contributed by atoms with Crippen LogP contribution < -0.4 is 15.5 Å². The first-order valence-electron chi connectivity index (χ1n) is 14.5. The van der Waals surface area contributed by atoms with Crippen molar-refractivity contribution >= 4 is 41.3 Å². The highest BCUT2D eigenvalue weighted by Crippen LogP contribution is 2.34. The lowest BCUT2D eigenvalue weighted by Gasteiger charge is -2.37. The molecule has 42 heavy (non-hydrogen) atoms. The van der Waals surface area contributed by atoms with E-state index in [1.54, 1.807) is 37.8 Å². The molecule has 1 unspecified atom stereocenters. The number of rotatable bonds is 6. The Bertz CT molecular complexity index is 1300. The minimum Gasteiger partial charge on any atom is -0.444 e. The predicted octanol–water partition coefficient (Wildman–Crippen LogP) is 0.726. The van der Waals surface area contributed by atoms with Crippen molar-refractivity contribution < 1.29 is 33.5 Å². The Morgan fingerprint density at radius 1 is 1.00 bits per heavy atom. The largest absolute Gasteiger partial charge is 0.444 e. The molecule has 0 aromatic heterocycles. The van der Waals surface area contributed by atoms with Crippen molar-refractivity contribution in [1.82, 2.24) is 25.3 Å². The lowest BCUT2D eigenvalue weighted by atomic mass is 10.0. The Morgan fingerprint density at radius 2 is 1.74 bits per heavy atom. The molecule has 226 valence electrons. The number of hydrogen-bond acceptors (Lipinski definition) is 9. The summed E-state index contributed by atoms with van der Waals surface area (Å²) in [5.74, 6) is -2.03. The normalized spacial score (nSPS) is 23.3. The quantitative estimate of drug-likeness (QED) is 0.463. The van der Waals surface area contributed by atoms with Crippen LogP contribution in [0.1, 0.15) is 67.2 Å². The predicted molar refractivity (Wildman–Crippen MR) is 151 cm³/mol. The van der Waals surface area contributed by atoms with Crippen molar-refractivity contribution in [1.29, 1.82) is 0 Å². The number of piperidine rings is 1. The maximum Gasteiger partial charge on any atom is 0.407 e. The van der Waals surface area contributed by atoms with Crippen molar-refractivity contribution in [2.24, 2.45) is 0 Å². The highest BCUT2D eigenvalue weighted by atomic mass is 16.6. The summed E-state index contributed by atoms with van der Waals surface area (Å²) in [5.41, 5.74) is 0.628. The van der Waals surface area contributed by atoms with Gasteiger partial charge < -0.3 is 19.9 Å². The molecule has 0 saturated carbocycles. The van der Waals surface area contributed by atoms with Crippen LogP contribution in [0.3, 0.4) is 0 Å². The van der Waals surface area contributed by atoms with Crippen LogP contribution in [0.15, 0.2) is 18.2 Å². The number of nitrogens with one attached hydrogen (secondary N) is 2. The zero-order chi connectivity index (χ0) is 30.2. The Hall–Kier alpha value is -4.00. The first-order chi connectivity index (χ1) is 19.9. The summed E-state index contributed by atoms with van der Waals surface area (Å²) >= 11 is 0. The highest BCUT2D eigenvalue weighted by Gasteiger charge is 2.46. The van der Waals surface area contributed by atoms with Crippen LogP contribution in [-0.2, 0) is 19.1 Å². The summed E-state index contributed by atoms with van der Waals surface area (Å²) in [7, 11) is 0. The van der Waals surface area contributed by atoms with E-state index in [-0.39, 0.29) is 30.4 Å². The van der Waals surface area contributed by atoms with Gasteiger partial charge in [0.2, 0.25) is 17.7 Å². The van der Waals surface area contributed by atoms with Gasteiger partial charge in [-0.3, -0.25) is 39.1 Å². The molecule has 6 amide bonds. The van der Waals surface area contributed by atoms with Gasteiger partial charge in [0, 0.05) is 58.7 Å². The zero-order valence-electron chi connectivity index (χ0n) is 24.3. The molecule has 0 spiro atoms. The second-order valence-electron chi connectivity index (χ2n) is 12.2. The standard InChI is InChI=1S/C29H38N6O7/c1-29(2,3)42-28(41)30-18-9-12-34(17-18)23(37)10-11-32-13-15-33(16-14-32)20-6-4-5-19-24(20)27(40)35(26(19)39)21-7-8-22(36)31-25(21)38/h4-6,18,21H,7-17H2,1-3H3,(H,30,41)(H,31,36,38)/t18-,21?/m1/s1. The van der Waals surface area contributed by atoms with Gasteiger partial charge in [-0.05, 0) is 45.7 Å². The lowest BCUT2D eigenvalue weighted by molar-refractivity contribution is -0.136. The average molecular weight is 583 g/mol. The summed E-state index contributed by atoms with van der Waals surface area (Å²) in [5, 5.41) is 5.07. The highest BCUT2D eigenvalue weighted by molar-refractivity contribution is 6.25. The Morgan fingerprint density at radius 3 is 2.43 bits per heavy atom. The van der Waals surface area contributed by atoms with Crippen molar-refractivity contribution in [3.05, 3.63) is 29.3 Å². The van der Waals surface area contributed by atoms with Gasteiger partial charge in [0.25, 0.3) is 11.8 Å². The van der Waals surface area contributed by atoms with Crippen LogP contribution in [0.2, 0.25) is 0 Å². The van der Waals surface area contributed by atoms with Gasteiger partial charge >= 0.3 is 6.09 Å². The molecular weight excluding hydrogens is 544 g/mol. The number of ether oxygens (including phenoxy) is 1. The molecular formula is C29H38N6O7. The molecule has 4 aliphatic heterocycles. The fourth-order valence-electron chi connectivity index (χ4n) is 5.96. The van der Waals surface area contributed by atoms with E-state index in [0.29, 0.717) is 69.9 Å². The van der Waals surface area contributed by atoms with Gasteiger partial charge in [0.05, 0.1) is 22.9 Å². The van der Waals surface area contributed by atoms with E-state index in [0.717, 1.165) is 4.90 Å². The summed E-state index contributed by atoms with van der Waals surface area (Å²) < 4.78 is 5.31. The van der Waals surface area contributed by atoms with Crippen LogP contribution in [-0.4, -0.2) is 114 Å².